The van der Waals surface area contributed by atoms with Crippen LogP contribution in [0.25, 0.3) is 0 Å². The van der Waals surface area contributed by atoms with E-state index in [1.807, 2.05) is 0 Å². The topological polar surface area (TPSA) is 398 Å². The summed E-state index contributed by atoms with van der Waals surface area (Å²) in [6, 6.07) is 0. The fourth-order valence-corrected chi connectivity index (χ4v) is 15.6. The van der Waals surface area contributed by atoms with Gasteiger partial charge in [-0.3, -0.25) is 0 Å². The van der Waals surface area contributed by atoms with Gasteiger partial charge >= 0.3 is 0 Å². The van der Waals surface area contributed by atoms with Gasteiger partial charge in [0.15, 0.2) is 25.2 Å². The Morgan fingerprint density at radius 1 is 0.590 bits per heavy atom. The molecule has 0 aromatic rings. The summed E-state index contributed by atoms with van der Waals surface area (Å²) in [7, 11) is 0. The van der Waals surface area contributed by atoms with E-state index in [0.717, 1.165) is 18.4 Å². The van der Waals surface area contributed by atoms with Crippen LogP contribution in [0.15, 0.2) is 11.6 Å². The van der Waals surface area contributed by atoms with E-state index in [9.17, 15) is 81.7 Å². The number of rotatable bonds is 17. The SMILES string of the molecule is CC(CCC(OC1OC(COC2OC(CO)C(O)C(O)C2O)C(O)C(O)C1OC1OC(CO)C(O)C(O)C1O)C(C)(C)O)C1CC[C@@]2(C)C3CC=C4C(CCC(OC5OC(CO)C(O)C(O)C5O)C4(C)C)[C@]3(C)C(O)C[C@]12C. The van der Waals surface area contributed by atoms with Crippen LogP contribution in [0.4, 0.5) is 0 Å². The second-order valence-electron chi connectivity index (χ2n) is 25.9. The molecule has 4 aliphatic heterocycles. The fraction of sp³-hybridized carbons (Fsp3) is 0.963. The third-order valence-electron chi connectivity index (χ3n) is 20.8. The maximum atomic E-state index is 12.7. The lowest BCUT2D eigenvalue weighted by atomic mass is 9.38. The molecule has 0 bridgehead atoms. The summed E-state index contributed by atoms with van der Waals surface area (Å²) >= 11 is 0. The number of aliphatic hydroxyl groups excluding tert-OH is 15. The Hall–Kier alpha value is -1.22. The Morgan fingerprint density at radius 2 is 1.09 bits per heavy atom. The summed E-state index contributed by atoms with van der Waals surface area (Å²) in [5, 5.41) is 172. The van der Waals surface area contributed by atoms with Crippen LogP contribution in [0.3, 0.4) is 0 Å². The second kappa shape index (κ2) is 23.7. The van der Waals surface area contributed by atoms with Gasteiger partial charge in [-0.2, -0.15) is 0 Å². The van der Waals surface area contributed by atoms with E-state index in [0.29, 0.717) is 32.1 Å². The monoisotopic (exact) mass is 1120 g/mol. The van der Waals surface area contributed by atoms with Gasteiger partial charge in [-0.25, -0.2) is 0 Å². The third kappa shape index (κ3) is 11.0. The number of aliphatic hydroxyl groups is 16. The van der Waals surface area contributed by atoms with Crippen LogP contribution in [0.2, 0.25) is 0 Å². The van der Waals surface area contributed by atoms with Crippen LogP contribution >= 0.6 is 0 Å². The van der Waals surface area contributed by atoms with Gasteiger partial charge < -0.3 is 120 Å². The number of hydrogen-bond acceptors (Lipinski definition) is 24. The Kier molecular flexibility index (Phi) is 19.1. The van der Waals surface area contributed by atoms with Gasteiger partial charge in [-0.1, -0.05) is 53.2 Å². The van der Waals surface area contributed by atoms with Crippen LogP contribution in [0.5, 0.6) is 0 Å². The van der Waals surface area contributed by atoms with Crippen molar-refractivity contribution in [1.82, 2.24) is 0 Å². The molecule has 3 saturated carbocycles. The molecule has 27 unspecified atom stereocenters. The average molecular weight is 1130 g/mol. The van der Waals surface area contributed by atoms with Gasteiger partial charge in [0, 0.05) is 10.8 Å². The van der Waals surface area contributed by atoms with Crippen LogP contribution in [0, 0.1) is 45.3 Å². The highest BCUT2D eigenvalue weighted by Crippen LogP contribution is 2.75. The van der Waals surface area contributed by atoms with Crippen molar-refractivity contribution < 1.29 is 120 Å². The van der Waals surface area contributed by atoms with Crippen molar-refractivity contribution >= 4 is 0 Å². The lowest BCUT2D eigenvalue weighted by Crippen LogP contribution is -2.65. The zero-order chi connectivity index (χ0) is 57.5. The molecule has 16 N–H and O–H groups in total. The predicted octanol–water partition coefficient (Wildman–Crippen LogP) is -3.23. The molecule has 8 rings (SSSR count). The molecule has 0 radical (unpaired) electrons. The van der Waals surface area contributed by atoms with E-state index in [1.54, 1.807) is 0 Å². The molecular formula is C54H92O24. The van der Waals surface area contributed by atoms with Gasteiger partial charge in [0.2, 0.25) is 0 Å². The van der Waals surface area contributed by atoms with Gasteiger partial charge in [0.25, 0.3) is 0 Å². The lowest BCUT2D eigenvalue weighted by molar-refractivity contribution is -0.380. The highest BCUT2D eigenvalue weighted by atomic mass is 16.8. The van der Waals surface area contributed by atoms with Gasteiger partial charge in [-0.15, -0.1) is 0 Å². The molecule has 24 heteroatoms. The van der Waals surface area contributed by atoms with Gasteiger partial charge in [0.1, 0.15) is 97.7 Å². The van der Waals surface area contributed by atoms with Crippen LogP contribution in [-0.4, -0.2) is 255 Å². The summed E-state index contributed by atoms with van der Waals surface area (Å²) in [5.41, 5.74) is -2.07. The van der Waals surface area contributed by atoms with E-state index < -0.39 is 184 Å². The first-order chi connectivity index (χ1) is 36.4. The maximum absolute atomic E-state index is 12.7. The first-order valence-electron chi connectivity index (χ1n) is 28.0. The van der Waals surface area contributed by atoms with E-state index in [-0.39, 0.29) is 40.9 Å². The van der Waals surface area contributed by atoms with Gasteiger partial charge in [-0.05, 0) is 99.7 Å². The molecule has 4 aliphatic carbocycles. The number of ether oxygens (including phenoxy) is 8. The zero-order valence-electron chi connectivity index (χ0n) is 46.1. The van der Waals surface area contributed by atoms with E-state index >= 15 is 0 Å². The predicted molar refractivity (Wildman–Crippen MR) is 268 cm³/mol. The molecule has 452 valence electrons. The highest BCUT2D eigenvalue weighted by Gasteiger charge is 2.70. The first kappa shape index (κ1) is 62.8. The second-order valence-corrected chi connectivity index (χ2v) is 25.9. The van der Waals surface area contributed by atoms with E-state index in [1.165, 1.54) is 13.8 Å². The summed E-state index contributed by atoms with van der Waals surface area (Å²) in [5.74, 6) is 0.223. The number of allylic oxidation sites excluding steroid dienone is 1. The van der Waals surface area contributed by atoms with Crippen molar-refractivity contribution in [3.8, 4) is 0 Å². The van der Waals surface area contributed by atoms with E-state index in [2.05, 4.69) is 47.6 Å². The maximum Gasteiger partial charge on any atom is 0.187 e. The van der Waals surface area contributed by atoms with E-state index in [4.69, 9.17) is 37.9 Å². The molecule has 24 nitrogen and oxygen atoms in total. The largest absolute Gasteiger partial charge is 0.394 e. The summed E-state index contributed by atoms with van der Waals surface area (Å²) in [6.07, 6.45) is -27.6. The Bertz CT molecular complexity index is 2020. The molecular weight excluding hydrogens is 1030 g/mol. The van der Waals surface area contributed by atoms with Crippen molar-refractivity contribution in [2.24, 2.45) is 45.3 Å². The minimum Gasteiger partial charge on any atom is -0.394 e. The van der Waals surface area contributed by atoms with Crippen molar-refractivity contribution in [1.29, 1.82) is 0 Å². The molecule has 7 fully saturated rings. The molecule has 4 saturated heterocycles. The molecule has 0 aromatic heterocycles. The van der Waals surface area contributed by atoms with Gasteiger partial charge in [0.05, 0.1) is 50.3 Å². The molecule has 30 atom stereocenters. The van der Waals surface area contributed by atoms with Crippen molar-refractivity contribution in [3.05, 3.63) is 11.6 Å². The highest BCUT2D eigenvalue weighted by molar-refractivity contribution is 5.32. The normalized spacial score (nSPS) is 51.4. The van der Waals surface area contributed by atoms with Crippen LogP contribution in [0.1, 0.15) is 107 Å². The number of hydrogen-bond donors (Lipinski definition) is 16. The van der Waals surface area contributed by atoms with Crippen LogP contribution in [-0.2, 0) is 37.9 Å². The summed E-state index contributed by atoms with van der Waals surface area (Å²) in [4.78, 5) is 0. The van der Waals surface area contributed by atoms with Crippen molar-refractivity contribution in [2.75, 3.05) is 26.4 Å². The Balaban J connectivity index is 0.987. The lowest BCUT2D eigenvalue weighted by Gasteiger charge is -2.67. The zero-order valence-corrected chi connectivity index (χ0v) is 46.1. The Morgan fingerprint density at radius 3 is 1.63 bits per heavy atom. The minimum atomic E-state index is -1.93. The molecule has 78 heavy (non-hydrogen) atoms. The third-order valence-corrected chi connectivity index (χ3v) is 20.8. The van der Waals surface area contributed by atoms with Crippen molar-refractivity contribution in [2.45, 2.75) is 253 Å². The molecule has 0 aromatic carbocycles. The average Bonchev–Trinajstić information content (AvgIpc) is 3.21. The molecule has 8 aliphatic rings. The minimum absolute atomic E-state index is 0.00555. The molecule has 0 spiro atoms. The van der Waals surface area contributed by atoms with Crippen LogP contribution < -0.4 is 0 Å². The summed E-state index contributed by atoms with van der Waals surface area (Å²) in [6.45, 7) is 13.5. The molecule has 0 amide bonds. The quantitative estimate of drug-likeness (QED) is 0.0637. The smallest absolute Gasteiger partial charge is 0.187 e. The summed E-state index contributed by atoms with van der Waals surface area (Å²) < 4.78 is 47.7. The first-order valence-corrected chi connectivity index (χ1v) is 28.0. The fourth-order valence-electron chi connectivity index (χ4n) is 15.6. The Labute approximate surface area is 455 Å². The van der Waals surface area contributed by atoms with Crippen molar-refractivity contribution in [3.63, 3.8) is 0 Å². The standard InChI is InChI=1S/C54H92O24/c1-22(23-15-16-52(6)30-12-10-24-25(54(30,8)31(58)17-53(23,52)7)11-14-32(50(24,2)3)76-47-43(68)39(64)35(60)27(19-56)73-47)9-13-33(51(4,5)70)77-49-45(78-48-44(69)40(65)36(61)28(20-57)74-48)41(66)37(62)29(75-49)21-71-46-42(67)38(63)34(59)26(18-55)72-46/h10,22-23,25-49,55-70H,9,11-21H2,1-8H3/t22?,23?,25?,26?,27?,28?,29?,30?,31?,32?,33?,34?,35?,36?,37?,38?,39?,40?,41?,42?,43?,44?,45?,46?,47?,48?,49?,52-,53+,54-/m0/s1. The molecule has 4 heterocycles. The number of fused-ring (bicyclic) bond motifs is 5.